The Balaban J connectivity index is 1.35. The fourth-order valence-corrected chi connectivity index (χ4v) is 3.83. The molecule has 0 atom stereocenters. The summed E-state index contributed by atoms with van der Waals surface area (Å²) in [6.45, 7) is 0.0605. The molecule has 0 aromatic carbocycles. The molecule has 148 valence electrons. The highest BCUT2D eigenvalue weighted by molar-refractivity contribution is 5.91. The third-order valence-corrected chi connectivity index (χ3v) is 5.41. The van der Waals surface area contributed by atoms with Gasteiger partial charge in [0.15, 0.2) is 11.3 Å². The average molecular weight is 391 g/mol. The molecule has 4 heterocycles. The zero-order valence-corrected chi connectivity index (χ0v) is 16.1. The van der Waals surface area contributed by atoms with Crippen molar-refractivity contribution in [3.05, 3.63) is 37.1 Å². The monoisotopic (exact) mass is 391 g/mol. The van der Waals surface area contributed by atoms with Crippen LogP contribution in [0.25, 0.3) is 16.7 Å². The van der Waals surface area contributed by atoms with Crippen LogP contribution in [0, 0.1) is 0 Å². The molecule has 29 heavy (non-hydrogen) atoms. The van der Waals surface area contributed by atoms with Gasteiger partial charge in [0.05, 0.1) is 11.6 Å². The van der Waals surface area contributed by atoms with E-state index in [2.05, 4.69) is 35.4 Å². The van der Waals surface area contributed by atoms with Gasteiger partial charge in [0.2, 0.25) is 11.9 Å². The Morgan fingerprint density at radius 1 is 1.24 bits per heavy atom. The first-order valence-electron chi connectivity index (χ1n) is 9.68. The van der Waals surface area contributed by atoms with E-state index in [-0.39, 0.29) is 12.5 Å². The van der Waals surface area contributed by atoms with E-state index in [1.54, 1.807) is 39.9 Å². The topological polar surface area (TPSA) is 106 Å². The highest BCUT2D eigenvalue weighted by Crippen LogP contribution is 2.25. The van der Waals surface area contributed by atoms with Gasteiger partial charge in [-0.2, -0.15) is 15.2 Å². The summed E-state index contributed by atoms with van der Waals surface area (Å²) in [5.41, 5.74) is 1.98. The molecule has 0 bridgehead atoms. The van der Waals surface area contributed by atoms with Crippen molar-refractivity contribution in [2.75, 3.05) is 17.3 Å². The maximum Gasteiger partial charge on any atom is 0.246 e. The second-order valence-electron chi connectivity index (χ2n) is 7.33. The molecule has 1 saturated carbocycles. The molecular weight excluding hydrogens is 370 g/mol. The van der Waals surface area contributed by atoms with E-state index < -0.39 is 0 Å². The lowest BCUT2D eigenvalue weighted by Gasteiger charge is -2.24. The fraction of sp³-hybridized carbons (Fsp3) is 0.368. The molecule has 0 radical (unpaired) electrons. The molecule has 0 saturated heterocycles. The van der Waals surface area contributed by atoms with Gasteiger partial charge < -0.3 is 10.2 Å². The molecule has 0 spiro atoms. The maximum absolute atomic E-state index is 12.6. The Hall–Kier alpha value is -3.56. The second kappa shape index (κ2) is 7.12. The number of aromatic nitrogens is 7. The zero-order chi connectivity index (χ0) is 19.8. The smallest absolute Gasteiger partial charge is 0.246 e. The zero-order valence-electron chi connectivity index (χ0n) is 16.1. The van der Waals surface area contributed by atoms with E-state index in [1.165, 1.54) is 19.2 Å². The summed E-state index contributed by atoms with van der Waals surface area (Å²) >= 11 is 0. The summed E-state index contributed by atoms with van der Waals surface area (Å²) in [7, 11) is 2.03. The summed E-state index contributed by atoms with van der Waals surface area (Å²) in [5.74, 6) is 0.479. The Morgan fingerprint density at radius 2 is 2.10 bits per heavy atom. The van der Waals surface area contributed by atoms with Crippen LogP contribution in [-0.2, 0) is 11.3 Å². The van der Waals surface area contributed by atoms with E-state index in [4.69, 9.17) is 0 Å². The van der Waals surface area contributed by atoms with Gasteiger partial charge >= 0.3 is 0 Å². The molecular formula is C19H21N9O. The molecule has 0 aliphatic heterocycles. The van der Waals surface area contributed by atoms with Crippen LogP contribution in [0.15, 0.2) is 37.1 Å². The molecule has 4 aromatic rings. The van der Waals surface area contributed by atoms with Crippen molar-refractivity contribution < 1.29 is 4.79 Å². The van der Waals surface area contributed by atoms with E-state index in [9.17, 15) is 4.79 Å². The van der Waals surface area contributed by atoms with Crippen LogP contribution in [0.1, 0.15) is 25.7 Å². The van der Waals surface area contributed by atoms with Crippen LogP contribution in [0.2, 0.25) is 0 Å². The van der Waals surface area contributed by atoms with Gasteiger partial charge in [-0.25, -0.2) is 19.2 Å². The molecule has 1 amide bonds. The highest BCUT2D eigenvalue weighted by atomic mass is 16.2. The quantitative estimate of drug-likeness (QED) is 0.554. The van der Waals surface area contributed by atoms with Gasteiger partial charge in [-0.3, -0.25) is 4.79 Å². The number of hydrogen-bond donors (Lipinski definition) is 1. The van der Waals surface area contributed by atoms with Crippen LogP contribution in [-0.4, -0.2) is 53.3 Å². The third-order valence-electron chi connectivity index (χ3n) is 5.41. The van der Waals surface area contributed by atoms with E-state index in [0.717, 1.165) is 18.2 Å². The van der Waals surface area contributed by atoms with Crippen LogP contribution < -0.4 is 10.2 Å². The van der Waals surface area contributed by atoms with E-state index in [1.807, 2.05) is 7.05 Å². The summed E-state index contributed by atoms with van der Waals surface area (Å²) in [6, 6.07) is 4.01. The highest BCUT2D eigenvalue weighted by Gasteiger charge is 2.22. The second-order valence-corrected chi connectivity index (χ2v) is 7.33. The first kappa shape index (κ1) is 17.5. The van der Waals surface area contributed by atoms with Gasteiger partial charge in [0, 0.05) is 37.2 Å². The Kier molecular flexibility index (Phi) is 4.30. The first-order valence-corrected chi connectivity index (χ1v) is 9.68. The number of carbonyl (C=O) groups excluding carboxylic acids is 1. The number of hydrogen-bond acceptors (Lipinski definition) is 7. The summed E-state index contributed by atoms with van der Waals surface area (Å²) in [5, 5.41) is 12.1. The Labute approximate surface area is 166 Å². The molecule has 10 nitrogen and oxygen atoms in total. The minimum absolute atomic E-state index is 0.0605. The van der Waals surface area contributed by atoms with Gasteiger partial charge in [0.1, 0.15) is 12.9 Å². The molecule has 0 unspecified atom stereocenters. The van der Waals surface area contributed by atoms with Gasteiger partial charge in [-0.15, -0.1) is 0 Å². The Bertz CT molecular complexity index is 1170. The van der Waals surface area contributed by atoms with Gasteiger partial charge in [-0.05, 0) is 18.9 Å². The number of anilines is 2. The predicted octanol–water partition coefficient (Wildman–Crippen LogP) is 1.89. The molecule has 1 N–H and O–H groups in total. The average Bonchev–Trinajstić information content (AvgIpc) is 3.48. The van der Waals surface area contributed by atoms with Crippen LogP contribution in [0.5, 0.6) is 0 Å². The summed E-state index contributed by atoms with van der Waals surface area (Å²) in [6.07, 6.45) is 11.5. The molecule has 1 aliphatic rings. The SMILES string of the molecule is CN(c1ncc2cnn(CC(=O)Nc3ccn4ncnc4c3)c2n1)C1CCCC1. The number of carbonyl (C=O) groups is 1. The molecule has 1 fully saturated rings. The number of fused-ring (bicyclic) bond motifs is 2. The number of rotatable bonds is 5. The van der Waals surface area contributed by atoms with E-state index in [0.29, 0.717) is 29.0 Å². The first-order chi connectivity index (χ1) is 14.2. The van der Waals surface area contributed by atoms with Crippen molar-refractivity contribution in [1.29, 1.82) is 0 Å². The van der Waals surface area contributed by atoms with Crippen molar-refractivity contribution in [1.82, 2.24) is 34.3 Å². The van der Waals surface area contributed by atoms with Crippen LogP contribution in [0.3, 0.4) is 0 Å². The number of pyridine rings is 1. The molecule has 10 heteroatoms. The number of amides is 1. The predicted molar refractivity (Wildman–Crippen MR) is 108 cm³/mol. The Morgan fingerprint density at radius 3 is 2.97 bits per heavy atom. The summed E-state index contributed by atoms with van der Waals surface area (Å²) < 4.78 is 3.24. The lowest BCUT2D eigenvalue weighted by Crippen LogP contribution is -2.30. The van der Waals surface area contributed by atoms with Crippen molar-refractivity contribution >= 4 is 34.2 Å². The molecule has 1 aliphatic carbocycles. The van der Waals surface area contributed by atoms with Crippen LogP contribution >= 0.6 is 0 Å². The molecule has 4 aromatic heterocycles. The lowest BCUT2D eigenvalue weighted by molar-refractivity contribution is -0.116. The van der Waals surface area contributed by atoms with Crippen LogP contribution in [0.4, 0.5) is 11.6 Å². The number of nitrogens with one attached hydrogen (secondary N) is 1. The lowest BCUT2D eigenvalue weighted by atomic mass is 10.2. The fourth-order valence-electron chi connectivity index (χ4n) is 3.83. The van der Waals surface area contributed by atoms with Gasteiger partial charge in [-0.1, -0.05) is 12.8 Å². The van der Waals surface area contributed by atoms with Crippen molar-refractivity contribution in [3.8, 4) is 0 Å². The number of nitrogens with zero attached hydrogens (tertiary/aromatic N) is 8. The molecule has 5 rings (SSSR count). The van der Waals surface area contributed by atoms with Crippen molar-refractivity contribution in [2.24, 2.45) is 0 Å². The van der Waals surface area contributed by atoms with Gasteiger partial charge in [0.25, 0.3) is 0 Å². The van der Waals surface area contributed by atoms with Crippen molar-refractivity contribution in [2.45, 2.75) is 38.3 Å². The maximum atomic E-state index is 12.6. The largest absolute Gasteiger partial charge is 0.341 e. The summed E-state index contributed by atoms with van der Waals surface area (Å²) in [4.78, 5) is 28.0. The van der Waals surface area contributed by atoms with E-state index >= 15 is 0 Å². The minimum atomic E-state index is -0.192. The standard InChI is InChI=1S/C19H21N9O/c1-26(15-4-2-3-5-15)19-20-9-13-10-22-28(18(13)25-19)11-17(29)24-14-6-7-27-16(8-14)21-12-23-27/h6-10,12,15H,2-5,11H2,1H3,(H,24,29). The normalized spacial score (nSPS) is 14.7. The third kappa shape index (κ3) is 3.37. The van der Waals surface area contributed by atoms with Crippen molar-refractivity contribution in [3.63, 3.8) is 0 Å². The minimum Gasteiger partial charge on any atom is -0.341 e.